The van der Waals surface area contributed by atoms with E-state index < -0.39 is 4.92 Å². The Morgan fingerprint density at radius 1 is 1.27 bits per heavy atom. The van der Waals surface area contributed by atoms with Crippen LogP contribution < -0.4 is 15.1 Å². The Balaban J connectivity index is 1.68. The topological polar surface area (TPSA) is 92.9 Å². The number of benzene rings is 1. The van der Waals surface area contributed by atoms with Gasteiger partial charge in [-0.25, -0.2) is 4.98 Å². The summed E-state index contributed by atoms with van der Waals surface area (Å²) in [5.74, 6) is 1.17. The Morgan fingerprint density at radius 2 is 2.08 bits per heavy atom. The highest BCUT2D eigenvalue weighted by Gasteiger charge is 2.12. The Hall–Kier alpha value is -3.16. The molecule has 1 aromatic heterocycles. The van der Waals surface area contributed by atoms with Crippen molar-refractivity contribution in [2.24, 2.45) is 5.10 Å². The van der Waals surface area contributed by atoms with Crippen molar-refractivity contribution in [2.75, 3.05) is 30.5 Å². The summed E-state index contributed by atoms with van der Waals surface area (Å²) in [5, 5.41) is 14.8. The van der Waals surface area contributed by atoms with Crippen molar-refractivity contribution in [3.05, 3.63) is 52.2 Å². The molecule has 1 aliphatic heterocycles. The number of hydrogen-bond acceptors (Lipinski definition) is 7. The van der Waals surface area contributed by atoms with E-state index in [1.165, 1.54) is 37.6 Å². The standard InChI is InChI=1S/C18H21N5O3/c1-26-17-11-15(22-9-3-2-4-10-22)6-5-14(17)12-20-21-18-8-7-16(13-19-18)23(24)25/h5-8,11-13H,2-4,9-10H2,1H3,(H,19,21)/b20-12-. The summed E-state index contributed by atoms with van der Waals surface area (Å²) in [6.45, 7) is 2.15. The molecule has 0 amide bonds. The van der Waals surface area contributed by atoms with Gasteiger partial charge in [0, 0.05) is 36.5 Å². The highest BCUT2D eigenvalue weighted by Crippen LogP contribution is 2.27. The fourth-order valence-corrected chi connectivity index (χ4v) is 2.88. The molecule has 8 heteroatoms. The highest BCUT2D eigenvalue weighted by atomic mass is 16.6. The number of rotatable bonds is 6. The normalized spacial score (nSPS) is 14.4. The Labute approximate surface area is 151 Å². The van der Waals surface area contributed by atoms with Crippen molar-refractivity contribution < 1.29 is 9.66 Å². The first-order valence-corrected chi connectivity index (χ1v) is 8.50. The largest absolute Gasteiger partial charge is 0.496 e. The van der Waals surface area contributed by atoms with Gasteiger partial charge < -0.3 is 9.64 Å². The molecule has 0 bridgehead atoms. The Bertz CT molecular complexity index is 786. The highest BCUT2D eigenvalue weighted by molar-refractivity contribution is 5.85. The third kappa shape index (κ3) is 4.27. The number of aromatic nitrogens is 1. The number of pyridine rings is 1. The van der Waals surface area contributed by atoms with Gasteiger partial charge in [-0.3, -0.25) is 15.5 Å². The van der Waals surface area contributed by atoms with Crippen molar-refractivity contribution in [1.82, 2.24) is 4.98 Å². The zero-order chi connectivity index (χ0) is 18.4. The molecule has 2 heterocycles. The predicted octanol–water partition coefficient (Wildman–Crippen LogP) is 3.43. The number of hydrogen-bond donors (Lipinski definition) is 1. The summed E-state index contributed by atoms with van der Waals surface area (Å²) in [6.07, 6.45) is 6.56. The van der Waals surface area contributed by atoms with Gasteiger partial charge in [0.05, 0.1) is 18.2 Å². The first-order valence-electron chi connectivity index (χ1n) is 8.50. The number of anilines is 2. The second kappa shape index (κ2) is 8.28. The Morgan fingerprint density at radius 3 is 2.73 bits per heavy atom. The van der Waals surface area contributed by atoms with Crippen LogP contribution in [0.5, 0.6) is 5.75 Å². The van der Waals surface area contributed by atoms with E-state index in [4.69, 9.17) is 4.74 Å². The van der Waals surface area contributed by atoms with Crippen LogP contribution in [0.3, 0.4) is 0 Å². The van der Waals surface area contributed by atoms with Gasteiger partial charge in [-0.1, -0.05) is 0 Å². The second-order valence-corrected chi connectivity index (χ2v) is 6.00. The van der Waals surface area contributed by atoms with Crippen LogP contribution in [-0.2, 0) is 0 Å². The molecular formula is C18H21N5O3. The molecule has 1 aromatic carbocycles. The van der Waals surface area contributed by atoms with Crippen molar-refractivity contribution in [2.45, 2.75) is 19.3 Å². The number of hydrazone groups is 1. The van der Waals surface area contributed by atoms with Crippen LogP contribution in [0.2, 0.25) is 0 Å². The van der Waals surface area contributed by atoms with E-state index >= 15 is 0 Å². The van der Waals surface area contributed by atoms with E-state index in [1.54, 1.807) is 13.3 Å². The quantitative estimate of drug-likeness (QED) is 0.485. The van der Waals surface area contributed by atoms with Crippen molar-refractivity contribution >= 4 is 23.4 Å². The zero-order valence-electron chi connectivity index (χ0n) is 14.6. The average Bonchev–Trinajstić information content (AvgIpc) is 2.69. The first-order chi connectivity index (χ1) is 12.7. The van der Waals surface area contributed by atoms with Crippen LogP contribution in [-0.4, -0.2) is 36.3 Å². The van der Waals surface area contributed by atoms with Gasteiger partial charge in [-0.15, -0.1) is 0 Å². The summed E-state index contributed by atoms with van der Waals surface area (Å²) >= 11 is 0. The molecule has 8 nitrogen and oxygen atoms in total. The maximum Gasteiger partial charge on any atom is 0.287 e. The van der Waals surface area contributed by atoms with Gasteiger partial charge in [0.1, 0.15) is 17.8 Å². The molecule has 0 radical (unpaired) electrons. The van der Waals surface area contributed by atoms with E-state index in [-0.39, 0.29) is 5.69 Å². The number of nitrogens with zero attached hydrogens (tertiary/aromatic N) is 4. The summed E-state index contributed by atoms with van der Waals surface area (Å²) in [4.78, 5) is 16.4. The average molecular weight is 355 g/mol. The van der Waals surface area contributed by atoms with Crippen molar-refractivity contribution in [1.29, 1.82) is 0 Å². The van der Waals surface area contributed by atoms with E-state index in [2.05, 4.69) is 26.5 Å². The van der Waals surface area contributed by atoms with Crippen molar-refractivity contribution in [3.8, 4) is 5.75 Å². The van der Waals surface area contributed by atoms with Crippen LogP contribution in [0.15, 0.2) is 41.6 Å². The van der Waals surface area contributed by atoms with E-state index in [1.807, 2.05) is 12.1 Å². The van der Waals surface area contributed by atoms with Gasteiger partial charge in [-0.05, 0) is 37.5 Å². The number of ether oxygens (including phenoxy) is 1. The molecule has 0 aliphatic carbocycles. The van der Waals surface area contributed by atoms with Crippen LogP contribution >= 0.6 is 0 Å². The number of nitro groups is 1. The predicted molar refractivity (Wildman–Crippen MR) is 101 cm³/mol. The van der Waals surface area contributed by atoms with Crippen LogP contribution in [0.25, 0.3) is 0 Å². The maximum absolute atomic E-state index is 10.6. The lowest BCUT2D eigenvalue weighted by molar-refractivity contribution is -0.385. The van der Waals surface area contributed by atoms with E-state index in [9.17, 15) is 10.1 Å². The SMILES string of the molecule is COc1cc(N2CCCCC2)ccc1/C=N\Nc1ccc([N+](=O)[O-])cn1. The molecule has 1 N–H and O–H groups in total. The molecule has 0 atom stereocenters. The molecule has 136 valence electrons. The molecule has 0 saturated carbocycles. The van der Waals surface area contributed by atoms with E-state index in [0.717, 1.165) is 30.1 Å². The lowest BCUT2D eigenvalue weighted by atomic mass is 10.1. The van der Waals surface area contributed by atoms with Crippen LogP contribution in [0.4, 0.5) is 17.2 Å². The first kappa shape index (κ1) is 17.7. The third-order valence-corrected chi connectivity index (χ3v) is 4.28. The van der Waals surface area contributed by atoms with Crippen molar-refractivity contribution in [3.63, 3.8) is 0 Å². The minimum atomic E-state index is -0.491. The minimum Gasteiger partial charge on any atom is -0.496 e. The molecule has 1 fully saturated rings. The maximum atomic E-state index is 10.6. The third-order valence-electron chi connectivity index (χ3n) is 4.28. The Kier molecular flexibility index (Phi) is 5.62. The van der Waals surface area contributed by atoms with E-state index in [0.29, 0.717) is 5.82 Å². The molecule has 1 saturated heterocycles. The molecule has 26 heavy (non-hydrogen) atoms. The minimum absolute atomic E-state index is 0.0606. The summed E-state index contributed by atoms with van der Waals surface area (Å²) < 4.78 is 5.49. The smallest absolute Gasteiger partial charge is 0.287 e. The molecule has 1 aliphatic rings. The summed E-state index contributed by atoms with van der Waals surface area (Å²) in [5.41, 5.74) is 4.69. The number of methoxy groups -OCH3 is 1. The molecule has 0 spiro atoms. The lowest BCUT2D eigenvalue weighted by Crippen LogP contribution is -2.29. The van der Waals surface area contributed by atoms with Gasteiger partial charge in [0.15, 0.2) is 0 Å². The number of nitrogens with one attached hydrogen (secondary N) is 1. The zero-order valence-corrected chi connectivity index (χ0v) is 14.6. The monoisotopic (exact) mass is 355 g/mol. The summed E-state index contributed by atoms with van der Waals surface area (Å²) in [6, 6.07) is 8.94. The molecule has 2 aromatic rings. The van der Waals surface area contributed by atoms with Crippen LogP contribution in [0.1, 0.15) is 24.8 Å². The number of piperidine rings is 1. The molecule has 3 rings (SSSR count). The lowest BCUT2D eigenvalue weighted by Gasteiger charge is -2.29. The second-order valence-electron chi connectivity index (χ2n) is 6.00. The summed E-state index contributed by atoms with van der Waals surface area (Å²) in [7, 11) is 1.64. The van der Waals surface area contributed by atoms with Gasteiger partial charge >= 0.3 is 0 Å². The van der Waals surface area contributed by atoms with Crippen LogP contribution in [0, 0.1) is 10.1 Å². The fourth-order valence-electron chi connectivity index (χ4n) is 2.88. The van der Waals surface area contributed by atoms with Gasteiger partial charge in [0.25, 0.3) is 5.69 Å². The van der Waals surface area contributed by atoms with Gasteiger partial charge in [0.2, 0.25) is 0 Å². The molecular weight excluding hydrogens is 334 g/mol. The molecule has 0 unspecified atom stereocenters. The fraction of sp³-hybridized carbons (Fsp3) is 0.333. The van der Waals surface area contributed by atoms with Gasteiger partial charge in [-0.2, -0.15) is 5.10 Å².